The minimum Gasteiger partial charge on any atom is -0.478 e. The fourth-order valence-electron chi connectivity index (χ4n) is 3.76. The quantitative estimate of drug-likeness (QED) is 0.247. The lowest BCUT2D eigenvalue weighted by Gasteiger charge is -2.37. The van der Waals surface area contributed by atoms with Gasteiger partial charge in [-0.3, -0.25) is 10.1 Å². The van der Waals surface area contributed by atoms with Gasteiger partial charge in [-0.15, -0.1) is 0 Å². The standard InChI is InChI=1S/C25H25N5O4/c31-24(32)20-6-8-21(9-7-20)27-25(26-18-19-4-2-1-3-5-19)29-16-14-28(15-17-29)22-10-12-23(13-11-22)30(33)34/h1-13H,14-18H2,(H,26,27)(H,31,32). The first-order chi connectivity index (χ1) is 16.5. The molecule has 9 nitrogen and oxygen atoms in total. The number of carbonyl (C=O) groups is 1. The molecule has 34 heavy (non-hydrogen) atoms. The summed E-state index contributed by atoms with van der Waals surface area (Å²) in [6.45, 7) is 3.41. The highest BCUT2D eigenvalue weighted by Crippen LogP contribution is 2.21. The number of hydrogen-bond donors (Lipinski definition) is 2. The number of rotatable bonds is 6. The third-order valence-corrected chi connectivity index (χ3v) is 5.65. The Morgan fingerprint density at radius 2 is 1.59 bits per heavy atom. The van der Waals surface area contributed by atoms with E-state index in [4.69, 9.17) is 10.1 Å². The molecule has 0 aromatic heterocycles. The Morgan fingerprint density at radius 3 is 2.18 bits per heavy atom. The van der Waals surface area contributed by atoms with Crippen LogP contribution in [0.3, 0.4) is 0 Å². The zero-order valence-corrected chi connectivity index (χ0v) is 18.5. The summed E-state index contributed by atoms with van der Waals surface area (Å²) in [4.78, 5) is 30.8. The van der Waals surface area contributed by atoms with Gasteiger partial charge in [0.05, 0.1) is 17.0 Å². The average molecular weight is 460 g/mol. The molecule has 0 radical (unpaired) electrons. The van der Waals surface area contributed by atoms with E-state index in [-0.39, 0.29) is 11.3 Å². The predicted octanol–water partition coefficient (Wildman–Crippen LogP) is 4.08. The molecule has 2 N–H and O–H groups in total. The van der Waals surface area contributed by atoms with Crippen LogP contribution < -0.4 is 10.2 Å². The largest absolute Gasteiger partial charge is 0.478 e. The number of nitro benzene ring substituents is 1. The summed E-state index contributed by atoms with van der Waals surface area (Å²) in [5, 5.41) is 23.4. The van der Waals surface area contributed by atoms with Crippen molar-refractivity contribution in [3.05, 3.63) is 100 Å². The Balaban J connectivity index is 1.47. The van der Waals surface area contributed by atoms with Crippen LogP contribution in [0.4, 0.5) is 17.1 Å². The lowest BCUT2D eigenvalue weighted by molar-refractivity contribution is -0.384. The van der Waals surface area contributed by atoms with Crippen LogP contribution in [0.5, 0.6) is 0 Å². The van der Waals surface area contributed by atoms with Crippen molar-refractivity contribution in [3.8, 4) is 0 Å². The number of nitrogens with zero attached hydrogens (tertiary/aromatic N) is 4. The summed E-state index contributed by atoms with van der Waals surface area (Å²) >= 11 is 0. The van der Waals surface area contributed by atoms with Gasteiger partial charge < -0.3 is 20.2 Å². The highest BCUT2D eigenvalue weighted by Gasteiger charge is 2.21. The first-order valence-electron chi connectivity index (χ1n) is 10.9. The van der Waals surface area contributed by atoms with Gasteiger partial charge in [-0.25, -0.2) is 9.79 Å². The van der Waals surface area contributed by atoms with Crippen LogP contribution in [0, 0.1) is 10.1 Å². The second kappa shape index (κ2) is 10.5. The van der Waals surface area contributed by atoms with E-state index in [1.54, 1.807) is 36.4 Å². The van der Waals surface area contributed by atoms with Crippen LogP contribution in [0.2, 0.25) is 0 Å². The molecular formula is C25H25N5O4. The number of non-ortho nitro benzene ring substituents is 1. The summed E-state index contributed by atoms with van der Waals surface area (Å²) in [7, 11) is 0. The molecule has 0 aliphatic carbocycles. The van der Waals surface area contributed by atoms with E-state index in [2.05, 4.69) is 15.1 Å². The Morgan fingerprint density at radius 1 is 0.941 bits per heavy atom. The van der Waals surface area contributed by atoms with E-state index in [1.165, 1.54) is 12.1 Å². The molecule has 3 aromatic rings. The van der Waals surface area contributed by atoms with Crippen LogP contribution in [-0.4, -0.2) is 53.0 Å². The second-order valence-electron chi connectivity index (χ2n) is 7.88. The van der Waals surface area contributed by atoms with E-state index >= 15 is 0 Å². The topological polar surface area (TPSA) is 111 Å². The number of carboxylic acids is 1. The number of carboxylic acid groups (broad SMARTS) is 1. The molecule has 4 rings (SSSR count). The summed E-state index contributed by atoms with van der Waals surface area (Å²) in [5.74, 6) is -0.248. The molecule has 1 saturated heterocycles. The molecule has 0 amide bonds. The number of nitrogens with one attached hydrogen (secondary N) is 1. The average Bonchev–Trinajstić information content (AvgIpc) is 2.87. The number of guanidine groups is 1. The summed E-state index contributed by atoms with van der Waals surface area (Å²) < 4.78 is 0. The predicted molar refractivity (Wildman–Crippen MR) is 131 cm³/mol. The van der Waals surface area contributed by atoms with Crippen molar-refractivity contribution in [2.75, 3.05) is 36.4 Å². The zero-order chi connectivity index (χ0) is 23.9. The summed E-state index contributed by atoms with van der Waals surface area (Å²) in [6, 6.07) is 23.2. The van der Waals surface area contributed by atoms with Crippen molar-refractivity contribution in [2.24, 2.45) is 4.99 Å². The molecule has 1 heterocycles. The Bertz CT molecular complexity index is 1160. The van der Waals surface area contributed by atoms with Crippen LogP contribution in [-0.2, 0) is 6.54 Å². The van der Waals surface area contributed by atoms with Crippen LogP contribution in [0.1, 0.15) is 15.9 Å². The summed E-state index contributed by atoms with van der Waals surface area (Å²) in [6.07, 6.45) is 0. The molecule has 174 valence electrons. The molecule has 0 unspecified atom stereocenters. The molecule has 0 saturated carbocycles. The third kappa shape index (κ3) is 5.69. The maximum atomic E-state index is 11.2. The van der Waals surface area contributed by atoms with Crippen molar-refractivity contribution >= 4 is 29.0 Å². The van der Waals surface area contributed by atoms with Gasteiger partial charge in [0.2, 0.25) is 0 Å². The van der Waals surface area contributed by atoms with Crippen molar-refractivity contribution in [2.45, 2.75) is 6.54 Å². The minimum atomic E-state index is -0.966. The van der Waals surface area contributed by atoms with Gasteiger partial charge in [-0.1, -0.05) is 30.3 Å². The van der Waals surface area contributed by atoms with Gasteiger partial charge in [0.1, 0.15) is 0 Å². The molecular weight excluding hydrogens is 434 g/mol. The fourth-order valence-corrected chi connectivity index (χ4v) is 3.76. The molecule has 0 spiro atoms. The molecule has 0 bridgehead atoms. The SMILES string of the molecule is O=C(O)c1ccc(NC(=NCc2ccccc2)N2CCN(c3ccc([N+](=O)[O-])cc3)CC2)cc1. The number of aromatic carboxylic acids is 1. The normalized spacial score (nSPS) is 14.1. The number of nitro groups is 1. The van der Waals surface area contributed by atoms with E-state index in [0.717, 1.165) is 36.0 Å². The van der Waals surface area contributed by atoms with Gasteiger partial charge in [-0.05, 0) is 42.0 Å². The Kier molecular flexibility index (Phi) is 7.02. The van der Waals surface area contributed by atoms with Gasteiger partial charge in [0.15, 0.2) is 5.96 Å². The van der Waals surface area contributed by atoms with E-state index in [0.29, 0.717) is 19.6 Å². The highest BCUT2D eigenvalue weighted by molar-refractivity contribution is 5.95. The Hall–Kier alpha value is -4.40. The monoisotopic (exact) mass is 459 g/mol. The summed E-state index contributed by atoms with van der Waals surface area (Å²) in [5.41, 5.74) is 3.10. The molecule has 1 fully saturated rings. The smallest absolute Gasteiger partial charge is 0.335 e. The number of hydrogen-bond acceptors (Lipinski definition) is 5. The van der Waals surface area contributed by atoms with Crippen molar-refractivity contribution in [3.63, 3.8) is 0 Å². The van der Waals surface area contributed by atoms with Crippen molar-refractivity contribution in [1.82, 2.24) is 4.90 Å². The van der Waals surface area contributed by atoms with Crippen molar-refractivity contribution in [1.29, 1.82) is 0 Å². The van der Waals surface area contributed by atoms with Crippen LogP contribution in [0.15, 0.2) is 83.9 Å². The van der Waals surface area contributed by atoms with Crippen LogP contribution >= 0.6 is 0 Å². The lowest BCUT2D eigenvalue weighted by atomic mass is 10.2. The Labute approximate surface area is 197 Å². The number of aliphatic imine (C=N–C) groups is 1. The number of anilines is 2. The number of benzene rings is 3. The van der Waals surface area contributed by atoms with Gasteiger partial charge in [0.25, 0.3) is 5.69 Å². The maximum Gasteiger partial charge on any atom is 0.335 e. The van der Waals surface area contributed by atoms with E-state index in [9.17, 15) is 14.9 Å². The second-order valence-corrected chi connectivity index (χ2v) is 7.88. The zero-order valence-electron chi connectivity index (χ0n) is 18.5. The highest BCUT2D eigenvalue weighted by atomic mass is 16.6. The fraction of sp³-hybridized carbons (Fsp3) is 0.200. The lowest BCUT2D eigenvalue weighted by Crippen LogP contribution is -2.50. The molecule has 3 aromatic carbocycles. The van der Waals surface area contributed by atoms with E-state index < -0.39 is 10.9 Å². The van der Waals surface area contributed by atoms with Crippen molar-refractivity contribution < 1.29 is 14.8 Å². The first-order valence-corrected chi connectivity index (χ1v) is 10.9. The van der Waals surface area contributed by atoms with Gasteiger partial charge in [0, 0.05) is 49.7 Å². The third-order valence-electron chi connectivity index (χ3n) is 5.65. The van der Waals surface area contributed by atoms with Gasteiger partial charge >= 0.3 is 5.97 Å². The molecule has 1 aliphatic heterocycles. The molecule has 0 atom stereocenters. The van der Waals surface area contributed by atoms with Crippen LogP contribution in [0.25, 0.3) is 0 Å². The first kappa shape index (κ1) is 22.8. The molecule has 1 aliphatic rings. The number of piperazine rings is 1. The van der Waals surface area contributed by atoms with Gasteiger partial charge in [-0.2, -0.15) is 0 Å². The molecule has 9 heteroatoms. The minimum absolute atomic E-state index is 0.0795. The maximum absolute atomic E-state index is 11.2. The van der Waals surface area contributed by atoms with E-state index in [1.807, 2.05) is 30.3 Å².